The van der Waals surface area contributed by atoms with E-state index in [4.69, 9.17) is 4.74 Å². The van der Waals surface area contributed by atoms with Crippen molar-refractivity contribution in [1.82, 2.24) is 0 Å². The summed E-state index contributed by atoms with van der Waals surface area (Å²) in [4.78, 5) is 13.0. The smallest absolute Gasteiger partial charge is 0.271 e. The van der Waals surface area contributed by atoms with E-state index in [1.165, 1.54) is 21.9 Å². The minimum atomic E-state index is -0.407. The maximum absolute atomic E-state index is 10.9. The number of non-ortho nitro benzene ring substituents is 1. The number of nitrogens with one attached hydrogen (secondary N) is 1. The van der Waals surface area contributed by atoms with Gasteiger partial charge in [0.15, 0.2) is 0 Å². The SMILES string of the molecule is CCc1ccc(C(C)Nc2cc([N+](=O)[O-])ccc2OC)s1. The number of hydrogen-bond acceptors (Lipinski definition) is 5. The van der Waals surface area contributed by atoms with Gasteiger partial charge in [0.1, 0.15) is 5.75 Å². The third-order valence-corrected chi connectivity index (χ3v) is 4.64. The van der Waals surface area contributed by atoms with Crippen LogP contribution in [0.3, 0.4) is 0 Å². The fourth-order valence-corrected chi connectivity index (χ4v) is 3.00. The van der Waals surface area contributed by atoms with Crippen molar-refractivity contribution < 1.29 is 9.66 Å². The Kier molecular flexibility index (Phi) is 4.80. The number of benzene rings is 1. The average Bonchev–Trinajstić information content (AvgIpc) is 2.96. The highest BCUT2D eigenvalue weighted by Gasteiger charge is 2.15. The molecule has 0 fully saturated rings. The second-order valence-corrected chi connectivity index (χ2v) is 5.87. The molecule has 0 aliphatic carbocycles. The van der Waals surface area contributed by atoms with Crippen LogP contribution in [0.1, 0.15) is 29.6 Å². The first-order valence-corrected chi connectivity index (χ1v) is 7.54. The Morgan fingerprint density at radius 3 is 2.71 bits per heavy atom. The molecule has 1 unspecified atom stereocenters. The molecule has 2 aromatic rings. The van der Waals surface area contributed by atoms with Gasteiger partial charge < -0.3 is 10.1 Å². The lowest BCUT2D eigenvalue weighted by Crippen LogP contribution is -2.06. The first-order chi connectivity index (χ1) is 10.0. The molecule has 0 aliphatic heterocycles. The lowest BCUT2D eigenvalue weighted by Gasteiger charge is -2.16. The Hall–Kier alpha value is -2.08. The van der Waals surface area contributed by atoms with Crippen LogP contribution in [0.2, 0.25) is 0 Å². The quantitative estimate of drug-likeness (QED) is 0.634. The lowest BCUT2D eigenvalue weighted by atomic mass is 10.2. The number of methoxy groups -OCH3 is 1. The molecule has 0 amide bonds. The number of aryl methyl sites for hydroxylation is 1. The van der Waals surface area contributed by atoms with Gasteiger partial charge in [0.2, 0.25) is 0 Å². The lowest BCUT2D eigenvalue weighted by molar-refractivity contribution is -0.384. The summed E-state index contributed by atoms with van der Waals surface area (Å²) in [6.07, 6.45) is 1.01. The monoisotopic (exact) mass is 306 g/mol. The summed E-state index contributed by atoms with van der Waals surface area (Å²) >= 11 is 1.75. The van der Waals surface area contributed by atoms with Crippen molar-refractivity contribution in [2.24, 2.45) is 0 Å². The van der Waals surface area contributed by atoms with Crippen molar-refractivity contribution in [3.63, 3.8) is 0 Å². The molecular weight excluding hydrogens is 288 g/mol. The molecule has 1 heterocycles. The van der Waals surface area contributed by atoms with Crippen LogP contribution in [0.4, 0.5) is 11.4 Å². The average molecular weight is 306 g/mol. The van der Waals surface area contributed by atoms with E-state index >= 15 is 0 Å². The Morgan fingerprint density at radius 2 is 2.14 bits per heavy atom. The van der Waals surface area contributed by atoms with Crippen molar-refractivity contribution in [3.05, 3.63) is 50.2 Å². The molecule has 1 N–H and O–H groups in total. The van der Waals surface area contributed by atoms with Crippen molar-refractivity contribution >= 4 is 22.7 Å². The summed E-state index contributed by atoms with van der Waals surface area (Å²) in [5, 5.41) is 14.2. The second kappa shape index (κ2) is 6.58. The molecule has 1 aromatic heterocycles. The molecule has 112 valence electrons. The zero-order chi connectivity index (χ0) is 15.4. The molecule has 5 nitrogen and oxygen atoms in total. The van der Waals surface area contributed by atoms with Crippen molar-refractivity contribution in [2.45, 2.75) is 26.3 Å². The van der Waals surface area contributed by atoms with Crippen LogP contribution in [-0.4, -0.2) is 12.0 Å². The van der Waals surface area contributed by atoms with Crippen molar-refractivity contribution in [1.29, 1.82) is 0 Å². The minimum absolute atomic E-state index is 0.0472. The van der Waals surface area contributed by atoms with E-state index < -0.39 is 4.92 Å². The van der Waals surface area contributed by atoms with Gasteiger partial charge >= 0.3 is 0 Å². The topological polar surface area (TPSA) is 64.4 Å². The van der Waals surface area contributed by atoms with E-state index in [0.29, 0.717) is 11.4 Å². The standard InChI is InChI=1S/C15H18N2O3S/c1-4-12-6-8-15(21-12)10(2)16-13-9-11(17(18)19)5-7-14(13)20-3/h5-10,16H,4H2,1-3H3. The largest absolute Gasteiger partial charge is 0.495 e. The number of ether oxygens (including phenoxy) is 1. The molecule has 1 aromatic carbocycles. The first-order valence-electron chi connectivity index (χ1n) is 6.72. The van der Waals surface area contributed by atoms with Crippen LogP contribution in [0.25, 0.3) is 0 Å². The van der Waals surface area contributed by atoms with Gasteiger partial charge in [-0.1, -0.05) is 6.92 Å². The van der Waals surface area contributed by atoms with E-state index in [2.05, 4.69) is 24.4 Å². The molecule has 2 rings (SSSR count). The van der Waals surface area contributed by atoms with E-state index in [9.17, 15) is 10.1 Å². The molecule has 0 saturated heterocycles. The molecule has 0 aliphatic rings. The van der Waals surface area contributed by atoms with Gasteiger partial charge in [0, 0.05) is 21.9 Å². The summed E-state index contributed by atoms with van der Waals surface area (Å²) in [5.74, 6) is 0.597. The summed E-state index contributed by atoms with van der Waals surface area (Å²) in [5.41, 5.74) is 0.677. The number of thiophene rings is 1. The van der Waals surface area contributed by atoms with E-state index in [1.54, 1.807) is 24.5 Å². The van der Waals surface area contributed by atoms with Crippen molar-refractivity contribution in [3.8, 4) is 5.75 Å². The van der Waals surface area contributed by atoms with Gasteiger partial charge in [0.05, 0.1) is 23.8 Å². The van der Waals surface area contributed by atoms with E-state index in [-0.39, 0.29) is 11.7 Å². The Labute approximate surface area is 127 Å². The van der Waals surface area contributed by atoms with Gasteiger partial charge in [-0.3, -0.25) is 10.1 Å². The zero-order valence-corrected chi connectivity index (χ0v) is 13.1. The molecule has 0 bridgehead atoms. The maximum atomic E-state index is 10.9. The number of anilines is 1. The Balaban J connectivity index is 2.24. The second-order valence-electron chi connectivity index (χ2n) is 4.67. The highest BCUT2D eigenvalue weighted by atomic mass is 32.1. The van der Waals surface area contributed by atoms with Gasteiger partial charge in [0.25, 0.3) is 5.69 Å². The van der Waals surface area contributed by atoms with Crippen LogP contribution >= 0.6 is 11.3 Å². The molecule has 0 saturated carbocycles. The fraction of sp³-hybridized carbons (Fsp3) is 0.333. The minimum Gasteiger partial charge on any atom is -0.495 e. The number of rotatable bonds is 6. The Morgan fingerprint density at radius 1 is 1.38 bits per heavy atom. The Bertz CT molecular complexity index is 640. The van der Waals surface area contributed by atoms with Gasteiger partial charge in [-0.05, 0) is 31.5 Å². The number of hydrogen-bond donors (Lipinski definition) is 1. The van der Waals surface area contributed by atoms with Crippen LogP contribution in [0.5, 0.6) is 5.75 Å². The van der Waals surface area contributed by atoms with Gasteiger partial charge in [-0.25, -0.2) is 0 Å². The normalized spacial score (nSPS) is 12.0. The maximum Gasteiger partial charge on any atom is 0.271 e. The van der Waals surface area contributed by atoms with Gasteiger partial charge in [-0.2, -0.15) is 0 Å². The fourth-order valence-electron chi connectivity index (χ4n) is 2.04. The predicted molar refractivity (Wildman–Crippen MR) is 85.4 cm³/mol. The number of nitrogens with zero attached hydrogens (tertiary/aromatic N) is 1. The van der Waals surface area contributed by atoms with Gasteiger partial charge in [-0.15, -0.1) is 11.3 Å². The molecule has 0 spiro atoms. The van der Waals surface area contributed by atoms with Crippen LogP contribution in [0, 0.1) is 10.1 Å². The third-order valence-electron chi connectivity index (χ3n) is 3.22. The predicted octanol–water partition coefficient (Wildman–Crippen LogP) is 4.40. The van der Waals surface area contributed by atoms with Crippen LogP contribution < -0.4 is 10.1 Å². The number of nitro groups is 1. The van der Waals surface area contributed by atoms with E-state index in [0.717, 1.165) is 6.42 Å². The highest BCUT2D eigenvalue weighted by Crippen LogP contribution is 2.33. The summed E-state index contributed by atoms with van der Waals surface area (Å²) in [6, 6.07) is 8.82. The molecule has 1 atom stereocenters. The third kappa shape index (κ3) is 3.52. The van der Waals surface area contributed by atoms with E-state index in [1.807, 2.05) is 6.92 Å². The molecular formula is C15H18N2O3S. The summed E-state index contributed by atoms with van der Waals surface area (Å²) in [6.45, 7) is 4.15. The van der Waals surface area contributed by atoms with Crippen molar-refractivity contribution in [2.75, 3.05) is 12.4 Å². The molecule has 0 radical (unpaired) electrons. The summed E-state index contributed by atoms with van der Waals surface area (Å²) < 4.78 is 5.26. The highest BCUT2D eigenvalue weighted by molar-refractivity contribution is 7.12. The van der Waals surface area contributed by atoms with Crippen LogP contribution in [0.15, 0.2) is 30.3 Å². The molecule has 6 heteroatoms. The summed E-state index contributed by atoms with van der Waals surface area (Å²) in [7, 11) is 1.55. The zero-order valence-electron chi connectivity index (χ0n) is 12.3. The molecule has 21 heavy (non-hydrogen) atoms. The number of nitro benzene ring substituents is 1. The van der Waals surface area contributed by atoms with Crippen LogP contribution in [-0.2, 0) is 6.42 Å². The first kappa shape index (κ1) is 15.3.